The van der Waals surface area contributed by atoms with E-state index in [-0.39, 0.29) is 5.56 Å². The molecule has 0 aliphatic heterocycles. The summed E-state index contributed by atoms with van der Waals surface area (Å²) in [5.41, 5.74) is 2.55. The molecule has 2 aromatic carbocycles. The van der Waals surface area contributed by atoms with Crippen molar-refractivity contribution in [3.05, 3.63) is 52.5 Å². The number of benzene rings is 2. The van der Waals surface area contributed by atoms with Crippen molar-refractivity contribution in [2.24, 2.45) is 0 Å². The van der Waals surface area contributed by atoms with Crippen LogP contribution in [0.2, 0.25) is 5.02 Å². The molecule has 0 spiro atoms. The van der Waals surface area contributed by atoms with Gasteiger partial charge in [0.1, 0.15) is 11.5 Å². The number of methoxy groups -OCH3 is 2. The summed E-state index contributed by atoms with van der Waals surface area (Å²) in [4.78, 5) is 16.4. The lowest BCUT2D eigenvalue weighted by Crippen LogP contribution is -2.02. The maximum absolute atomic E-state index is 11.8. The second-order valence-electron chi connectivity index (χ2n) is 5.49. The molecule has 3 aromatic rings. The second kappa shape index (κ2) is 6.61. The molecule has 3 rings (SSSR count). The van der Waals surface area contributed by atoms with E-state index in [2.05, 4.69) is 4.98 Å². The van der Waals surface area contributed by atoms with Crippen LogP contribution in [-0.2, 0) is 0 Å². The van der Waals surface area contributed by atoms with Gasteiger partial charge in [0.25, 0.3) is 0 Å². The van der Waals surface area contributed by atoms with E-state index in [0.29, 0.717) is 38.7 Å². The van der Waals surface area contributed by atoms with E-state index < -0.39 is 5.97 Å². The molecule has 0 unspecified atom stereocenters. The van der Waals surface area contributed by atoms with Crippen LogP contribution in [0.15, 0.2) is 36.4 Å². The lowest BCUT2D eigenvalue weighted by atomic mass is 10.0. The van der Waals surface area contributed by atoms with Gasteiger partial charge in [-0.05, 0) is 42.8 Å². The number of hydrogen-bond acceptors (Lipinski definition) is 4. The van der Waals surface area contributed by atoms with Gasteiger partial charge in [0, 0.05) is 16.0 Å². The van der Waals surface area contributed by atoms with Crippen molar-refractivity contribution in [3.8, 4) is 22.8 Å². The fourth-order valence-corrected chi connectivity index (χ4v) is 2.89. The highest BCUT2D eigenvalue weighted by Gasteiger charge is 2.17. The number of aromatic carboxylic acids is 1. The maximum Gasteiger partial charge on any atom is 0.336 e. The van der Waals surface area contributed by atoms with E-state index in [0.717, 1.165) is 5.56 Å². The van der Waals surface area contributed by atoms with Crippen LogP contribution in [0.3, 0.4) is 0 Å². The molecule has 0 saturated heterocycles. The molecule has 0 atom stereocenters. The zero-order valence-corrected chi connectivity index (χ0v) is 14.7. The molecule has 0 aliphatic rings. The van der Waals surface area contributed by atoms with Crippen molar-refractivity contribution < 1.29 is 19.4 Å². The smallest absolute Gasteiger partial charge is 0.336 e. The minimum atomic E-state index is -1.03. The Hall–Kier alpha value is -2.79. The van der Waals surface area contributed by atoms with Crippen molar-refractivity contribution in [2.75, 3.05) is 14.2 Å². The number of carboxylic acid groups (broad SMARTS) is 1. The summed E-state index contributed by atoms with van der Waals surface area (Å²) < 4.78 is 10.7. The van der Waals surface area contributed by atoms with E-state index in [1.807, 2.05) is 6.92 Å². The number of carbonyl (C=O) groups is 1. The van der Waals surface area contributed by atoms with E-state index in [1.54, 1.807) is 44.6 Å². The zero-order chi connectivity index (χ0) is 18.1. The van der Waals surface area contributed by atoms with Crippen molar-refractivity contribution in [3.63, 3.8) is 0 Å². The first-order valence-corrected chi connectivity index (χ1v) is 7.89. The molecule has 5 nitrogen and oxygen atoms in total. The predicted octanol–water partition coefficient (Wildman–Crippen LogP) is 4.58. The number of halogens is 1. The minimum Gasteiger partial charge on any atom is -0.497 e. The molecular weight excluding hydrogens is 342 g/mol. The number of rotatable bonds is 4. The van der Waals surface area contributed by atoms with Crippen LogP contribution in [-0.4, -0.2) is 30.3 Å². The highest BCUT2D eigenvalue weighted by Crippen LogP contribution is 2.35. The Labute approximate surface area is 149 Å². The van der Waals surface area contributed by atoms with Crippen LogP contribution >= 0.6 is 11.6 Å². The molecule has 1 aromatic heterocycles. The van der Waals surface area contributed by atoms with Gasteiger partial charge in [-0.15, -0.1) is 0 Å². The molecular formula is C19H16ClNO4. The summed E-state index contributed by atoms with van der Waals surface area (Å²) in [6.45, 7) is 1.82. The number of fused-ring (bicyclic) bond motifs is 1. The van der Waals surface area contributed by atoms with E-state index in [1.165, 1.54) is 6.07 Å². The van der Waals surface area contributed by atoms with Crippen LogP contribution in [0.5, 0.6) is 11.5 Å². The Kier molecular flexibility index (Phi) is 4.51. The van der Waals surface area contributed by atoms with Gasteiger partial charge >= 0.3 is 5.97 Å². The van der Waals surface area contributed by atoms with Gasteiger partial charge in [-0.2, -0.15) is 0 Å². The highest BCUT2D eigenvalue weighted by molar-refractivity contribution is 6.32. The number of aryl methyl sites for hydroxylation is 1. The van der Waals surface area contributed by atoms with Crippen LogP contribution in [0.1, 0.15) is 15.9 Å². The van der Waals surface area contributed by atoms with Crippen LogP contribution in [0, 0.1) is 6.92 Å². The maximum atomic E-state index is 11.8. The third-order valence-corrected chi connectivity index (χ3v) is 4.49. The first-order valence-electron chi connectivity index (χ1n) is 7.51. The molecule has 25 heavy (non-hydrogen) atoms. The van der Waals surface area contributed by atoms with Crippen LogP contribution < -0.4 is 9.47 Å². The molecule has 1 heterocycles. The lowest BCUT2D eigenvalue weighted by Gasteiger charge is -2.13. The van der Waals surface area contributed by atoms with Crippen molar-refractivity contribution in [1.82, 2.24) is 4.98 Å². The summed E-state index contributed by atoms with van der Waals surface area (Å²) in [6, 6.07) is 10.2. The topological polar surface area (TPSA) is 68.7 Å². The Morgan fingerprint density at radius 1 is 1.12 bits per heavy atom. The third kappa shape index (κ3) is 2.98. The summed E-state index contributed by atoms with van der Waals surface area (Å²) in [6.07, 6.45) is 0. The second-order valence-corrected chi connectivity index (χ2v) is 5.90. The number of hydrogen-bond donors (Lipinski definition) is 1. The Morgan fingerprint density at radius 2 is 1.88 bits per heavy atom. The largest absolute Gasteiger partial charge is 0.497 e. The Bertz CT molecular complexity index is 985. The van der Waals surface area contributed by atoms with Crippen molar-refractivity contribution in [2.45, 2.75) is 6.92 Å². The summed E-state index contributed by atoms with van der Waals surface area (Å²) in [5, 5.41) is 10.7. The predicted molar refractivity (Wildman–Crippen MR) is 97.0 cm³/mol. The molecule has 0 amide bonds. The first-order chi connectivity index (χ1) is 12.0. The fraction of sp³-hybridized carbons (Fsp3) is 0.158. The van der Waals surface area contributed by atoms with Crippen LogP contribution in [0.4, 0.5) is 0 Å². The molecule has 6 heteroatoms. The normalized spacial score (nSPS) is 10.7. The number of pyridine rings is 1. The average Bonchev–Trinajstić information content (AvgIpc) is 2.63. The highest BCUT2D eigenvalue weighted by atomic mass is 35.5. The van der Waals surface area contributed by atoms with Crippen LogP contribution in [0.25, 0.3) is 22.2 Å². The molecule has 0 aliphatic carbocycles. The lowest BCUT2D eigenvalue weighted by molar-refractivity contribution is 0.0699. The average molecular weight is 358 g/mol. The number of ether oxygens (including phenoxy) is 2. The molecule has 128 valence electrons. The summed E-state index contributed by atoms with van der Waals surface area (Å²) >= 11 is 6.19. The Morgan fingerprint density at radius 3 is 2.52 bits per heavy atom. The molecule has 0 bridgehead atoms. The van der Waals surface area contributed by atoms with E-state index in [4.69, 9.17) is 21.1 Å². The summed E-state index contributed by atoms with van der Waals surface area (Å²) in [7, 11) is 3.11. The number of carboxylic acids is 1. The first kappa shape index (κ1) is 17.0. The molecule has 0 fully saturated rings. The number of aromatic nitrogens is 1. The zero-order valence-electron chi connectivity index (χ0n) is 14.0. The Balaban J connectivity index is 2.38. The van der Waals surface area contributed by atoms with Gasteiger partial charge in [-0.1, -0.05) is 17.7 Å². The quantitative estimate of drug-likeness (QED) is 0.740. The number of nitrogens with zero attached hydrogens (tertiary/aromatic N) is 1. The van der Waals surface area contributed by atoms with Crippen molar-refractivity contribution in [1.29, 1.82) is 0 Å². The minimum absolute atomic E-state index is 0.157. The van der Waals surface area contributed by atoms with Gasteiger partial charge in [0.05, 0.1) is 31.0 Å². The van der Waals surface area contributed by atoms with Gasteiger partial charge in [-0.3, -0.25) is 0 Å². The standard InChI is InChI=1S/C19H16ClNO4/c1-10-15(20)6-5-12-13(19(22)23)9-16(21-18(10)12)14-8-11(24-2)4-7-17(14)25-3/h4-9H,1-3H3,(H,22,23). The van der Waals surface area contributed by atoms with Gasteiger partial charge in [0.2, 0.25) is 0 Å². The van der Waals surface area contributed by atoms with Gasteiger partial charge in [0.15, 0.2) is 0 Å². The third-order valence-electron chi connectivity index (χ3n) is 4.08. The van der Waals surface area contributed by atoms with Gasteiger partial charge < -0.3 is 14.6 Å². The summed E-state index contributed by atoms with van der Waals surface area (Å²) in [5.74, 6) is 0.165. The molecule has 0 saturated carbocycles. The SMILES string of the molecule is COc1ccc(OC)c(-c2cc(C(=O)O)c3ccc(Cl)c(C)c3n2)c1. The van der Waals surface area contributed by atoms with E-state index in [9.17, 15) is 9.90 Å². The van der Waals surface area contributed by atoms with Gasteiger partial charge in [-0.25, -0.2) is 9.78 Å². The fourth-order valence-electron chi connectivity index (χ4n) is 2.73. The molecule has 1 N–H and O–H groups in total. The van der Waals surface area contributed by atoms with Crippen molar-refractivity contribution >= 4 is 28.5 Å². The molecule has 0 radical (unpaired) electrons. The monoisotopic (exact) mass is 357 g/mol. The van der Waals surface area contributed by atoms with E-state index >= 15 is 0 Å².